The first kappa shape index (κ1) is 23.8. The van der Waals surface area contributed by atoms with Gasteiger partial charge in [-0.2, -0.15) is 0 Å². The van der Waals surface area contributed by atoms with Gasteiger partial charge in [-0.05, 0) is 25.3 Å². The van der Waals surface area contributed by atoms with E-state index in [1.165, 1.54) is 0 Å². The Labute approximate surface area is 153 Å². The van der Waals surface area contributed by atoms with Crippen LogP contribution in [0.3, 0.4) is 0 Å². The summed E-state index contributed by atoms with van der Waals surface area (Å²) < 4.78 is 0. The zero-order valence-corrected chi connectivity index (χ0v) is 15.4. The molecule has 0 rings (SSSR count). The molecular formula is C16H31N5O5. The predicted octanol–water partition coefficient (Wildman–Crippen LogP) is -1.58. The lowest BCUT2D eigenvalue weighted by Gasteiger charge is -2.26. The van der Waals surface area contributed by atoms with Gasteiger partial charge in [0.05, 0.1) is 12.5 Å². The number of amides is 3. The number of hydrogen-bond donors (Lipinski definition) is 6. The highest BCUT2D eigenvalue weighted by Gasteiger charge is 2.31. The summed E-state index contributed by atoms with van der Waals surface area (Å²) in [6.07, 6.45) is 1.88. The first-order valence-electron chi connectivity index (χ1n) is 8.71. The average molecular weight is 373 g/mol. The van der Waals surface area contributed by atoms with E-state index < -0.39 is 48.2 Å². The second-order valence-electron chi connectivity index (χ2n) is 6.33. The fourth-order valence-electron chi connectivity index (χ4n) is 2.26. The smallest absolute Gasteiger partial charge is 0.326 e. The van der Waals surface area contributed by atoms with Gasteiger partial charge in [-0.25, -0.2) is 4.79 Å². The van der Waals surface area contributed by atoms with E-state index in [9.17, 15) is 19.2 Å². The number of rotatable bonds is 13. The van der Waals surface area contributed by atoms with E-state index in [2.05, 4.69) is 10.6 Å². The first-order valence-corrected chi connectivity index (χ1v) is 8.71. The molecule has 0 spiro atoms. The lowest BCUT2D eigenvalue weighted by molar-refractivity contribution is -0.144. The molecule has 3 amide bonds. The number of carbonyl (C=O) groups is 4. The molecule has 0 bridgehead atoms. The number of unbranched alkanes of at least 4 members (excludes halogenated alkanes) is 1. The Morgan fingerprint density at radius 2 is 1.69 bits per heavy atom. The minimum atomic E-state index is -1.46. The van der Waals surface area contributed by atoms with Gasteiger partial charge in [0.2, 0.25) is 17.7 Å². The molecule has 0 aliphatic carbocycles. The van der Waals surface area contributed by atoms with Crippen LogP contribution in [0.5, 0.6) is 0 Å². The molecule has 9 N–H and O–H groups in total. The van der Waals surface area contributed by atoms with Crippen molar-refractivity contribution in [2.24, 2.45) is 23.1 Å². The Morgan fingerprint density at radius 3 is 2.15 bits per heavy atom. The summed E-state index contributed by atoms with van der Waals surface area (Å²) in [6, 6.07) is -3.22. The molecule has 0 heterocycles. The molecule has 4 atom stereocenters. The largest absolute Gasteiger partial charge is 0.480 e. The molecular weight excluding hydrogens is 342 g/mol. The Hall–Kier alpha value is -2.20. The van der Waals surface area contributed by atoms with Crippen molar-refractivity contribution >= 4 is 23.7 Å². The molecule has 10 heteroatoms. The highest BCUT2D eigenvalue weighted by molar-refractivity contribution is 5.93. The molecule has 0 radical (unpaired) electrons. The van der Waals surface area contributed by atoms with Crippen molar-refractivity contribution in [3.05, 3.63) is 0 Å². The first-order chi connectivity index (χ1) is 12.1. The fraction of sp³-hybridized carbons (Fsp3) is 0.750. The van der Waals surface area contributed by atoms with E-state index in [4.69, 9.17) is 22.3 Å². The van der Waals surface area contributed by atoms with Gasteiger partial charge in [0.1, 0.15) is 12.1 Å². The summed E-state index contributed by atoms with van der Waals surface area (Å²) in [7, 11) is 0. The van der Waals surface area contributed by atoms with Crippen molar-refractivity contribution in [2.75, 3.05) is 6.54 Å². The highest BCUT2D eigenvalue weighted by atomic mass is 16.4. The summed E-state index contributed by atoms with van der Waals surface area (Å²) in [5.74, 6) is -3.70. The van der Waals surface area contributed by atoms with Crippen molar-refractivity contribution in [2.45, 2.75) is 64.1 Å². The number of aliphatic carboxylic acids is 1. The van der Waals surface area contributed by atoms with Gasteiger partial charge in [-0.1, -0.05) is 26.7 Å². The van der Waals surface area contributed by atoms with Gasteiger partial charge >= 0.3 is 5.97 Å². The molecule has 0 aliphatic heterocycles. The Balaban J connectivity index is 5.01. The maximum absolute atomic E-state index is 12.5. The molecule has 0 fully saturated rings. The predicted molar refractivity (Wildman–Crippen MR) is 95.6 cm³/mol. The third-order valence-electron chi connectivity index (χ3n) is 4.12. The molecule has 4 unspecified atom stereocenters. The van der Waals surface area contributed by atoms with Gasteiger partial charge in [0, 0.05) is 0 Å². The van der Waals surface area contributed by atoms with Gasteiger partial charge in [-0.15, -0.1) is 0 Å². The molecule has 0 aliphatic rings. The molecule has 0 aromatic heterocycles. The molecule has 150 valence electrons. The number of nitrogens with two attached hydrogens (primary N) is 3. The van der Waals surface area contributed by atoms with Crippen molar-refractivity contribution in [1.82, 2.24) is 10.6 Å². The lowest BCUT2D eigenvalue weighted by atomic mass is 9.97. The van der Waals surface area contributed by atoms with Crippen LogP contribution in [0.4, 0.5) is 0 Å². The summed E-state index contributed by atoms with van der Waals surface area (Å²) in [5, 5.41) is 13.9. The molecule has 0 saturated carbocycles. The monoisotopic (exact) mass is 373 g/mol. The van der Waals surface area contributed by atoms with Crippen LogP contribution < -0.4 is 27.8 Å². The van der Waals surface area contributed by atoms with Gasteiger partial charge in [0.25, 0.3) is 0 Å². The van der Waals surface area contributed by atoms with Crippen molar-refractivity contribution in [3.63, 3.8) is 0 Å². The van der Waals surface area contributed by atoms with E-state index in [1.807, 2.05) is 6.92 Å². The van der Waals surface area contributed by atoms with Crippen LogP contribution >= 0.6 is 0 Å². The van der Waals surface area contributed by atoms with Crippen LogP contribution in [0, 0.1) is 5.92 Å². The van der Waals surface area contributed by atoms with Gasteiger partial charge in [-0.3, -0.25) is 14.4 Å². The van der Waals surface area contributed by atoms with E-state index in [1.54, 1.807) is 6.92 Å². The quantitative estimate of drug-likeness (QED) is 0.210. The molecule has 26 heavy (non-hydrogen) atoms. The lowest BCUT2D eigenvalue weighted by Crippen LogP contribution is -2.57. The standard InChI is InChI=1S/C16H31N5O5/c1-3-9(2)13(21-14(23)10(18)6-4-5-7-17)15(24)20-11(16(25)26)8-12(19)22/h9-11,13H,3-8,17-18H2,1-2H3,(H2,19,22)(H,20,24)(H,21,23)(H,25,26). The van der Waals surface area contributed by atoms with Gasteiger partial charge < -0.3 is 32.9 Å². The number of nitrogens with one attached hydrogen (secondary N) is 2. The fourth-order valence-corrected chi connectivity index (χ4v) is 2.26. The molecule has 0 saturated heterocycles. The van der Waals surface area contributed by atoms with Crippen LogP contribution in [-0.4, -0.2) is 53.5 Å². The summed E-state index contributed by atoms with van der Waals surface area (Å²) in [5.41, 5.74) is 16.2. The number of carboxylic acid groups (broad SMARTS) is 1. The van der Waals surface area contributed by atoms with Crippen molar-refractivity contribution in [3.8, 4) is 0 Å². The number of primary amides is 1. The van der Waals surface area contributed by atoms with E-state index in [0.717, 1.165) is 6.42 Å². The average Bonchev–Trinajstić information content (AvgIpc) is 2.57. The zero-order valence-electron chi connectivity index (χ0n) is 15.4. The number of carboxylic acids is 1. The van der Waals surface area contributed by atoms with Gasteiger partial charge in [0.15, 0.2) is 0 Å². The summed E-state index contributed by atoms with van der Waals surface area (Å²) >= 11 is 0. The van der Waals surface area contributed by atoms with Crippen molar-refractivity contribution < 1.29 is 24.3 Å². The molecule has 0 aromatic rings. The SMILES string of the molecule is CCC(C)C(NC(=O)C(N)CCCCN)C(=O)NC(CC(N)=O)C(=O)O. The van der Waals surface area contributed by atoms with Crippen LogP contribution in [0.15, 0.2) is 0 Å². The Morgan fingerprint density at radius 1 is 1.08 bits per heavy atom. The van der Waals surface area contributed by atoms with Crippen molar-refractivity contribution in [1.29, 1.82) is 0 Å². The minimum Gasteiger partial charge on any atom is -0.480 e. The van der Waals surface area contributed by atoms with Crippen LogP contribution in [0.2, 0.25) is 0 Å². The zero-order chi connectivity index (χ0) is 20.3. The maximum atomic E-state index is 12.5. The normalized spacial score (nSPS) is 15.4. The number of carbonyl (C=O) groups excluding carboxylic acids is 3. The van der Waals surface area contributed by atoms with E-state index in [-0.39, 0.29) is 5.92 Å². The van der Waals surface area contributed by atoms with Crippen LogP contribution in [0.1, 0.15) is 46.0 Å². The second-order valence-corrected chi connectivity index (χ2v) is 6.33. The second kappa shape index (κ2) is 12.2. The molecule has 0 aromatic carbocycles. The summed E-state index contributed by atoms with van der Waals surface area (Å²) in [4.78, 5) is 46.8. The van der Waals surface area contributed by atoms with Crippen LogP contribution in [0.25, 0.3) is 0 Å². The maximum Gasteiger partial charge on any atom is 0.326 e. The van der Waals surface area contributed by atoms with Crippen LogP contribution in [-0.2, 0) is 19.2 Å². The Bertz CT molecular complexity index is 499. The topological polar surface area (TPSA) is 191 Å². The number of hydrogen-bond acceptors (Lipinski definition) is 6. The highest BCUT2D eigenvalue weighted by Crippen LogP contribution is 2.10. The summed E-state index contributed by atoms with van der Waals surface area (Å²) in [6.45, 7) is 4.08. The van der Waals surface area contributed by atoms with E-state index >= 15 is 0 Å². The van der Waals surface area contributed by atoms with E-state index in [0.29, 0.717) is 25.8 Å². The third kappa shape index (κ3) is 8.77. The third-order valence-corrected chi connectivity index (χ3v) is 4.12. The minimum absolute atomic E-state index is 0.266. The Kier molecular flexibility index (Phi) is 11.2. The molecule has 10 nitrogen and oxygen atoms in total.